The molecule has 0 bridgehead atoms. The summed E-state index contributed by atoms with van der Waals surface area (Å²) in [6, 6.07) is 6.78. The Hall–Kier alpha value is -3.24. The van der Waals surface area contributed by atoms with E-state index in [2.05, 4.69) is 30.9 Å². The Morgan fingerprint density at radius 3 is 2.75 bits per heavy atom. The summed E-state index contributed by atoms with van der Waals surface area (Å²) in [5, 5.41) is 26.0. The van der Waals surface area contributed by atoms with Crippen molar-refractivity contribution in [1.82, 2.24) is 20.9 Å². The molecule has 6 N–H and O–H groups in total. The van der Waals surface area contributed by atoms with Gasteiger partial charge in [0, 0.05) is 37.2 Å². The van der Waals surface area contributed by atoms with E-state index in [-0.39, 0.29) is 21.9 Å². The molecular formula is C25H33N7O5S3. The number of hydrogen-bond donors (Lipinski definition) is 6. The number of nitrogens with zero attached hydrogens (tertiary/aromatic N) is 2. The van der Waals surface area contributed by atoms with Gasteiger partial charge in [0.25, 0.3) is 15.9 Å². The number of benzene rings is 1. The van der Waals surface area contributed by atoms with Crippen LogP contribution in [0.2, 0.25) is 0 Å². The molecule has 0 spiro atoms. The summed E-state index contributed by atoms with van der Waals surface area (Å²) in [4.78, 5) is 31.5. The summed E-state index contributed by atoms with van der Waals surface area (Å²) in [7, 11) is -2.27. The normalized spacial score (nSPS) is 14.5. The fourth-order valence-corrected chi connectivity index (χ4v) is 6.89. The zero-order chi connectivity index (χ0) is 28.5. The van der Waals surface area contributed by atoms with Crippen LogP contribution in [0.1, 0.15) is 28.2 Å². The lowest BCUT2D eigenvalue weighted by molar-refractivity contribution is -0.139. The number of thiophene rings is 1. The van der Waals surface area contributed by atoms with E-state index >= 15 is 0 Å². The van der Waals surface area contributed by atoms with Gasteiger partial charge in [-0.25, -0.2) is 18.2 Å². The van der Waals surface area contributed by atoms with Crippen LogP contribution in [0.5, 0.6) is 0 Å². The molecular weight excluding hydrogens is 575 g/mol. The predicted octanol–water partition coefficient (Wildman–Crippen LogP) is 2.21. The highest BCUT2D eigenvalue weighted by Crippen LogP contribution is 2.27. The van der Waals surface area contributed by atoms with Crippen LogP contribution < -0.4 is 30.9 Å². The molecule has 1 aliphatic rings. The number of aliphatic carboxylic acids is 1. The van der Waals surface area contributed by atoms with Gasteiger partial charge in [-0.3, -0.25) is 9.52 Å². The van der Waals surface area contributed by atoms with Gasteiger partial charge < -0.3 is 31.3 Å². The number of carbonyl (C=O) groups is 2. The molecule has 216 valence electrons. The summed E-state index contributed by atoms with van der Waals surface area (Å²) >= 11 is 2.62. The second-order valence-electron chi connectivity index (χ2n) is 9.12. The fraction of sp³-hybridized carbons (Fsp3) is 0.400. The van der Waals surface area contributed by atoms with Crippen LogP contribution in [0, 0.1) is 0 Å². The fourth-order valence-electron chi connectivity index (χ4n) is 4.08. The van der Waals surface area contributed by atoms with E-state index in [1.165, 1.54) is 18.2 Å². The topological polar surface area (TPSA) is 165 Å². The first-order valence-corrected chi connectivity index (χ1v) is 16.0. The van der Waals surface area contributed by atoms with Crippen LogP contribution in [-0.4, -0.2) is 76.2 Å². The van der Waals surface area contributed by atoms with Crippen LogP contribution >= 0.6 is 22.7 Å². The number of carboxylic acids is 1. The van der Waals surface area contributed by atoms with Gasteiger partial charge in [-0.05, 0) is 56.1 Å². The molecule has 0 saturated carbocycles. The van der Waals surface area contributed by atoms with Crippen LogP contribution in [0.25, 0.3) is 0 Å². The third-order valence-corrected chi connectivity index (χ3v) is 9.41. The minimum Gasteiger partial charge on any atom is -0.480 e. The highest BCUT2D eigenvalue weighted by atomic mass is 32.2. The van der Waals surface area contributed by atoms with Crippen molar-refractivity contribution in [2.24, 2.45) is 0 Å². The number of carbonyl (C=O) groups excluding carboxylic acids is 1. The van der Waals surface area contributed by atoms with E-state index in [1.54, 1.807) is 35.9 Å². The minimum absolute atomic E-state index is 0.0188. The van der Waals surface area contributed by atoms with Gasteiger partial charge in [0.2, 0.25) is 0 Å². The molecule has 3 heterocycles. The summed E-state index contributed by atoms with van der Waals surface area (Å²) in [5.41, 5.74) is 1.56. The highest BCUT2D eigenvalue weighted by molar-refractivity contribution is 7.92. The van der Waals surface area contributed by atoms with Crippen molar-refractivity contribution in [3.8, 4) is 0 Å². The Balaban J connectivity index is 1.39. The summed E-state index contributed by atoms with van der Waals surface area (Å²) < 4.78 is 28.9. The number of rotatable bonds is 14. The van der Waals surface area contributed by atoms with Crippen LogP contribution in [-0.2, 0) is 21.4 Å². The third-order valence-electron chi connectivity index (χ3n) is 6.18. The number of sulfonamides is 1. The van der Waals surface area contributed by atoms with Gasteiger partial charge in [-0.2, -0.15) is 0 Å². The van der Waals surface area contributed by atoms with Crippen LogP contribution in [0.4, 0.5) is 16.5 Å². The molecule has 1 saturated heterocycles. The van der Waals surface area contributed by atoms with Crippen LogP contribution in [0.15, 0.2) is 46.0 Å². The number of nitrogens with one attached hydrogen (secondary N) is 5. The Morgan fingerprint density at radius 1 is 1.20 bits per heavy atom. The molecule has 15 heteroatoms. The largest absolute Gasteiger partial charge is 0.480 e. The predicted molar refractivity (Wildman–Crippen MR) is 158 cm³/mol. The first-order valence-electron chi connectivity index (χ1n) is 12.8. The molecule has 1 amide bonds. The average molecular weight is 608 g/mol. The average Bonchev–Trinajstić information content (AvgIpc) is 3.61. The smallest absolute Gasteiger partial charge is 0.326 e. The van der Waals surface area contributed by atoms with E-state index in [0.29, 0.717) is 25.2 Å². The zero-order valence-electron chi connectivity index (χ0n) is 22.0. The van der Waals surface area contributed by atoms with Crippen molar-refractivity contribution in [2.45, 2.75) is 30.3 Å². The van der Waals surface area contributed by atoms with E-state index < -0.39 is 27.9 Å². The Kier molecular flexibility index (Phi) is 10.3. The van der Waals surface area contributed by atoms with Crippen molar-refractivity contribution >= 4 is 61.1 Å². The van der Waals surface area contributed by atoms with E-state index in [0.717, 1.165) is 48.3 Å². The van der Waals surface area contributed by atoms with Gasteiger partial charge in [0.1, 0.15) is 10.9 Å². The molecule has 0 aliphatic carbocycles. The molecule has 2 aromatic heterocycles. The number of anilines is 3. The Morgan fingerprint density at radius 2 is 2.00 bits per heavy atom. The lowest BCUT2D eigenvalue weighted by atomic mass is 10.1. The monoisotopic (exact) mass is 607 g/mol. The molecule has 1 atom stereocenters. The molecule has 0 radical (unpaired) electrons. The van der Waals surface area contributed by atoms with Gasteiger partial charge in [-0.15, -0.1) is 22.7 Å². The van der Waals surface area contributed by atoms with Crippen molar-refractivity contribution in [3.05, 3.63) is 51.7 Å². The number of carboxylic acid groups (broad SMARTS) is 1. The van der Waals surface area contributed by atoms with Gasteiger partial charge in [0.05, 0.1) is 22.8 Å². The lowest BCUT2D eigenvalue weighted by Crippen LogP contribution is -2.43. The highest BCUT2D eigenvalue weighted by Gasteiger charge is 2.25. The van der Waals surface area contributed by atoms with Crippen molar-refractivity contribution < 1.29 is 23.1 Å². The van der Waals surface area contributed by atoms with E-state index in [9.17, 15) is 23.1 Å². The van der Waals surface area contributed by atoms with Crippen molar-refractivity contribution in [1.29, 1.82) is 0 Å². The Labute approximate surface area is 241 Å². The summed E-state index contributed by atoms with van der Waals surface area (Å²) in [6.07, 6.45) is 0.800. The molecule has 4 rings (SSSR count). The number of hydrogen-bond acceptors (Lipinski definition) is 11. The van der Waals surface area contributed by atoms with Gasteiger partial charge in [-0.1, -0.05) is 6.07 Å². The number of thiazole rings is 1. The molecule has 0 unspecified atom stereocenters. The zero-order valence-corrected chi connectivity index (χ0v) is 24.4. The van der Waals surface area contributed by atoms with E-state index in [4.69, 9.17) is 4.98 Å². The number of aromatic nitrogens is 1. The van der Waals surface area contributed by atoms with Crippen LogP contribution in [0.3, 0.4) is 0 Å². The second-order valence-corrected chi connectivity index (χ2v) is 12.6. The minimum atomic E-state index is -4.03. The first-order chi connectivity index (χ1) is 19.3. The Bertz CT molecular complexity index is 1400. The molecule has 3 aromatic rings. The van der Waals surface area contributed by atoms with Gasteiger partial charge >= 0.3 is 5.97 Å². The maximum atomic E-state index is 13.2. The quantitative estimate of drug-likeness (QED) is 0.150. The molecule has 1 aromatic carbocycles. The molecule has 40 heavy (non-hydrogen) atoms. The standard InChI is InChI=1S/C25H33N7O5S3/c1-26-8-3-6-21(24(34)35)30-23(33)22-20(7-13-38-22)31-40(36,37)19-5-2-4-17(14-19)28-15-18-16-39-25(29-18)32-11-9-27-10-12-32/h2,4-5,7,13-14,16,21,26-28,31H,3,6,8-12,15H2,1H3,(H,30,33)(H,34,35)/t21-/m0/s1. The third kappa shape index (κ3) is 7.91. The second kappa shape index (κ2) is 13.9. The number of amides is 1. The van der Waals surface area contributed by atoms with Gasteiger partial charge in [0.15, 0.2) is 5.13 Å². The first kappa shape index (κ1) is 29.7. The van der Waals surface area contributed by atoms with Crippen molar-refractivity contribution in [2.75, 3.05) is 54.7 Å². The van der Waals surface area contributed by atoms with Crippen molar-refractivity contribution in [3.63, 3.8) is 0 Å². The summed E-state index contributed by atoms with van der Waals surface area (Å²) in [5.74, 6) is -1.80. The number of piperazine rings is 1. The lowest BCUT2D eigenvalue weighted by Gasteiger charge is -2.26. The van der Waals surface area contributed by atoms with E-state index in [1.807, 2.05) is 5.38 Å². The molecule has 12 nitrogen and oxygen atoms in total. The maximum absolute atomic E-state index is 13.2. The SMILES string of the molecule is CNCCC[C@H](NC(=O)c1sccc1NS(=O)(=O)c1cccc(NCc2csc(N3CCNCC3)n2)c1)C(=O)O. The molecule has 1 fully saturated rings. The summed E-state index contributed by atoms with van der Waals surface area (Å²) in [6.45, 7) is 4.74. The molecule has 1 aliphatic heterocycles. The maximum Gasteiger partial charge on any atom is 0.326 e.